The molecular weight excluding hydrogens is 390 g/mol. The van der Waals surface area contributed by atoms with Crippen LogP contribution in [-0.4, -0.2) is 53.3 Å². The molecule has 1 saturated carbocycles. The van der Waals surface area contributed by atoms with Gasteiger partial charge in [-0.05, 0) is 32.6 Å². The van der Waals surface area contributed by atoms with Gasteiger partial charge in [0.1, 0.15) is 0 Å². The van der Waals surface area contributed by atoms with E-state index in [9.17, 15) is 24.0 Å². The summed E-state index contributed by atoms with van der Waals surface area (Å²) in [6.07, 6.45) is 8.53. The molecule has 164 valence electrons. The minimum Gasteiger partial charge on any atom is -0.452 e. The zero-order valence-corrected chi connectivity index (χ0v) is 17.2. The van der Waals surface area contributed by atoms with E-state index in [4.69, 9.17) is 4.74 Å². The number of ether oxygens (including phenoxy) is 1. The zero-order valence-electron chi connectivity index (χ0n) is 17.2. The molecule has 1 aliphatic heterocycles. The molecule has 1 saturated heterocycles. The van der Waals surface area contributed by atoms with Crippen molar-refractivity contribution in [3.05, 3.63) is 12.2 Å². The third-order valence-corrected chi connectivity index (χ3v) is 5.99. The van der Waals surface area contributed by atoms with Crippen molar-refractivity contribution in [1.29, 1.82) is 0 Å². The number of nitrogens with zero attached hydrogens (tertiary/aromatic N) is 1. The van der Waals surface area contributed by atoms with Gasteiger partial charge in [-0.15, -0.1) is 0 Å². The maximum Gasteiger partial charge on any atom is 0.321 e. The quantitative estimate of drug-likeness (QED) is 0.381. The van der Waals surface area contributed by atoms with E-state index in [1.54, 1.807) is 0 Å². The molecule has 3 atom stereocenters. The first-order chi connectivity index (χ1) is 14.4. The van der Waals surface area contributed by atoms with Gasteiger partial charge in [0.15, 0.2) is 6.10 Å². The summed E-state index contributed by atoms with van der Waals surface area (Å²) in [5.41, 5.74) is 0. The molecule has 30 heavy (non-hydrogen) atoms. The summed E-state index contributed by atoms with van der Waals surface area (Å²) in [5.74, 6) is -2.63. The van der Waals surface area contributed by atoms with Crippen LogP contribution in [0.25, 0.3) is 0 Å². The number of carbonyl (C=O) groups excluding carboxylic acids is 5. The highest BCUT2D eigenvalue weighted by Crippen LogP contribution is 2.35. The van der Waals surface area contributed by atoms with Gasteiger partial charge >= 0.3 is 12.0 Å². The Balaban J connectivity index is 1.39. The average Bonchev–Trinajstić information content (AvgIpc) is 2.97. The van der Waals surface area contributed by atoms with Crippen LogP contribution in [0.4, 0.5) is 4.79 Å². The Bertz CT molecular complexity index is 717. The van der Waals surface area contributed by atoms with Crippen LogP contribution < -0.4 is 10.6 Å². The molecule has 0 radical (unpaired) electrons. The number of hydrogen-bond donors (Lipinski definition) is 2. The SMILES string of the molecule is C[C@H](OC(=O)CCN1C(=O)[C@H]2CC=CC[C@@H]2C1=O)C(=O)NC(=O)NC1CCCCC1. The van der Waals surface area contributed by atoms with Crippen molar-refractivity contribution in [1.82, 2.24) is 15.5 Å². The van der Waals surface area contributed by atoms with Crippen LogP contribution in [0.3, 0.4) is 0 Å². The monoisotopic (exact) mass is 419 g/mol. The Kier molecular flexibility index (Phi) is 7.23. The van der Waals surface area contributed by atoms with E-state index >= 15 is 0 Å². The van der Waals surface area contributed by atoms with Crippen LogP contribution in [-0.2, 0) is 23.9 Å². The lowest BCUT2D eigenvalue weighted by Crippen LogP contribution is -2.48. The molecule has 0 aromatic rings. The number of hydrogen-bond acceptors (Lipinski definition) is 6. The van der Waals surface area contributed by atoms with Gasteiger partial charge in [-0.1, -0.05) is 31.4 Å². The molecule has 0 aromatic heterocycles. The molecule has 5 amide bonds. The maximum absolute atomic E-state index is 12.4. The second-order valence-corrected chi connectivity index (χ2v) is 8.16. The van der Waals surface area contributed by atoms with E-state index in [0.717, 1.165) is 37.0 Å². The van der Waals surface area contributed by atoms with Crippen LogP contribution in [0.2, 0.25) is 0 Å². The molecule has 2 fully saturated rings. The molecule has 0 spiro atoms. The second-order valence-electron chi connectivity index (χ2n) is 8.16. The Morgan fingerprint density at radius 3 is 2.27 bits per heavy atom. The van der Waals surface area contributed by atoms with Gasteiger partial charge in [-0.25, -0.2) is 4.79 Å². The Morgan fingerprint density at radius 2 is 1.67 bits per heavy atom. The Hall–Kier alpha value is -2.71. The van der Waals surface area contributed by atoms with Gasteiger partial charge in [-0.2, -0.15) is 0 Å². The smallest absolute Gasteiger partial charge is 0.321 e. The van der Waals surface area contributed by atoms with Crippen molar-refractivity contribution in [3.8, 4) is 0 Å². The lowest BCUT2D eigenvalue weighted by Gasteiger charge is -2.23. The van der Waals surface area contributed by atoms with Crippen molar-refractivity contribution in [2.75, 3.05) is 6.54 Å². The number of amides is 5. The first kappa shape index (κ1) is 22.0. The van der Waals surface area contributed by atoms with E-state index in [1.165, 1.54) is 6.92 Å². The van der Waals surface area contributed by atoms with Crippen molar-refractivity contribution >= 4 is 29.7 Å². The fourth-order valence-corrected chi connectivity index (χ4v) is 4.28. The number of nitrogens with one attached hydrogen (secondary N) is 2. The highest BCUT2D eigenvalue weighted by atomic mass is 16.5. The van der Waals surface area contributed by atoms with Gasteiger partial charge in [0.05, 0.1) is 18.3 Å². The van der Waals surface area contributed by atoms with Crippen LogP contribution in [0.1, 0.15) is 58.3 Å². The maximum atomic E-state index is 12.4. The number of allylic oxidation sites excluding steroid dienone is 2. The molecule has 3 aliphatic rings. The summed E-state index contributed by atoms with van der Waals surface area (Å²) >= 11 is 0. The van der Waals surface area contributed by atoms with Gasteiger partial charge in [0, 0.05) is 12.6 Å². The van der Waals surface area contributed by atoms with Crippen LogP contribution in [0.5, 0.6) is 0 Å². The van der Waals surface area contributed by atoms with Crippen molar-refractivity contribution in [2.45, 2.75) is 70.4 Å². The molecule has 0 unspecified atom stereocenters. The minimum atomic E-state index is -1.16. The van der Waals surface area contributed by atoms with Crippen molar-refractivity contribution in [2.24, 2.45) is 11.8 Å². The average molecular weight is 419 g/mol. The number of imide groups is 2. The fourth-order valence-electron chi connectivity index (χ4n) is 4.28. The molecule has 1 heterocycles. The van der Waals surface area contributed by atoms with Crippen LogP contribution >= 0.6 is 0 Å². The van der Waals surface area contributed by atoms with E-state index in [1.807, 2.05) is 12.2 Å². The predicted molar refractivity (Wildman–Crippen MR) is 106 cm³/mol. The van der Waals surface area contributed by atoms with Gasteiger partial charge < -0.3 is 10.1 Å². The van der Waals surface area contributed by atoms with Gasteiger partial charge in [0.2, 0.25) is 11.8 Å². The van der Waals surface area contributed by atoms with E-state index < -0.39 is 24.0 Å². The first-order valence-corrected chi connectivity index (χ1v) is 10.7. The van der Waals surface area contributed by atoms with E-state index in [0.29, 0.717) is 12.8 Å². The number of carbonyl (C=O) groups is 5. The summed E-state index contributed by atoms with van der Waals surface area (Å²) in [6.45, 7) is 1.30. The Morgan fingerprint density at radius 1 is 1.07 bits per heavy atom. The van der Waals surface area contributed by atoms with Gasteiger partial charge in [-0.3, -0.25) is 29.4 Å². The molecule has 9 heteroatoms. The highest BCUT2D eigenvalue weighted by molar-refractivity contribution is 6.05. The molecule has 0 aromatic carbocycles. The largest absolute Gasteiger partial charge is 0.452 e. The predicted octanol–water partition coefficient (Wildman–Crippen LogP) is 1.42. The highest BCUT2D eigenvalue weighted by Gasteiger charge is 2.47. The number of esters is 1. The number of likely N-dealkylation sites (tertiary alicyclic amines) is 1. The first-order valence-electron chi connectivity index (χ1n) is 10.7. The van der Waals surface area contributed by atoms with Crippen LogP contribution in [0, 0.1) is 11.8 Å². The van der Waals surface area contributed by atoms with Crippen molar-refractivity contribution < 1.29 is 28.7 Å². The summed E-state index contributed by atoms with van der Waals surface area (Å²) < 4.78 is 5.06. The summed E-state index contributed by atoms with van der Waals surface area (Å²) in [4.78, 5) is 62.0. The fraction of sp³-hybridized carbons (Fsp3) is 0.667. The molecule has 2 N–H and O–H groups in total. The normalized spacial score (nSPS) is 24.9. The molecule has 9 nitrogen and oxygen atoms in total. The molecule has 2 aliphatic carbocycles. The number of urea groups is 1. The Labute approximate surface area is 175 Å². The number of rotatable bonds is 6. The van der Waals surface area contributed by atoms with Crippen LogP contribution in [0.15, 0.2) is 12.2 Å². The lowest BCUT2D eigenvalue weighted by molar-refractivity contribution is -0.155. The minimum absolute atomic E-state index is 0.0545. The molecule has 0 bridgehead atoms. The summed E-state index contributed by atoms with van der Waals surface area (Å²) in [6, 6.07) is -0.543. The summed E-state index contributed by atoms with van der Waals surface area (Å²) in [7, 11) is 0. The molecule has 3 rings (SSSR count). The van der Waals surface area contributed by atoms with Gasteiger partial charge in [0.25, 0.3) is 5.91 Å². The molecular formula is C21H29N3O6. The topological polar surface area (TPSA) is 122 Å². The third kappa shape index (κ3) is 5.25. The van der Waals surface area contributed by atoms with E-state index in [2.05, 4.69) is 10.6 Å². The van der Waals surface area contributed by atoms with E-state index in [-0.39, 0.29) is 42.7 Å². The third-order valence-electron chi connectivity index (χ3n) is 5.99. The number of fused-ring (bicyclic) bond motifs is 1. The second kappa shape index (κ2) is 9.86. The van der Waals surface area contributed by atoms with Crippen molar-refractivity contribution in [3.63, 3.8) is 0 Å². The summed E-state index contributed by atoms with van der Waals surface area (Å²) in [5, 5.41) is 4.94. The lowest BCUT2D eigenvalue weighted by atomic mass is 9.85. The zero-order chi connectivity index (χ0) is 21.7. The standard InChI is InChI=1S/C21H29N3O6/c1-13(18(26)23-21(29)22-14-7-3-2-4-8-14)30-17(25)11-12-24-19(27)15-9-5-6-10-16(15)20(24)28/h5-6,13-16H,2-4,7-12H2,1H3,(H2,22,23,26,29)/t13-,15-,16-/m0/s1.